The molecule has 0 aromatic rings. The smallest absolute Gasteiger partial charge is 0.0951 e. The molecule has 2 unspecified atom stereocenters. The van der Waals surface area contributed by atoms with Crippen molar-refractivity contribution in [1.29, 1.82) is 0 Å². The van der Waals surface area contributed by atoms with E-state index in [4.69, 9.17) is 9.47 Å². The number of nitrogens with one attached hydrogen (secondary N) is 1. The van der Waals surface area contributed by atoms with Crippen molar-refractivity contribution in [2.24, 2.45) is 0 Å². The topological polar surface area (TPSA) is 33.7 Å². The molecule has 3 aliphatic heterocycles. The molecule has 0 aliphatic carbocycles. The summed E-state index contributed by atoms with van der Waals surface area (Å²) in [5.74, 6) is 0. The predicted molar refractivity (Wildman–Crippen MR) is 70.8 cm³/mol. The van der Waals surface area contributed by atoms with E-state index in [0.29, 0.717) is 6.04 Å². The SMILES string of the molecule is CCCN(C1CNC1)C1CCOC2(CCOC2)C1. The normalized spacial score (nSPS) is 37.3. The maximum atomic E-state index is 6.05. The van der Waals surface area contributed by atoms with E-state index in [0.717, 1.165) is 32.3 Å². The minimum Gasteiger partial charge on any atom is -0.378 e. The molecule has 4 nitrogen and oxygen atoms in total. The van der Waals surface area contributed by atoms with Gasteiger partial charge in [0.1, 0.15) is 0 Å². The number of ether oxygens (including phenoxy) is 2. The lowest BCUT2D eigenvalue weighted by Gasteiger charge is -2.47. The van der Waals surface area contributed by atoms with Gasteiger partial charge in [-0.25, -0.2) is 0 Å². The van der Waals surface area contributed by atoms with Crippen LogP contribution in [0.25, 0.3) is 0 Å². The third kappa shape index (κ3) is 2.44. The zero-order valence-electron chi connectivity index (χ0n) is 11.5. The van der Waals surface area contributed by atoms with Crippen molar-refractivity contribution in [3.63, 3.8) is 0 Å². The molecule has 3 fully saturated rings. The first-order valence-corrected chi connectivity index (χ1v) is 7.51. The molecule has 1 N–H and O–H groups in total. The van der Waals surface area contributed by atoms with Gasteiger partial charge < -0.3 is 14.8 Å². The Bertz CT molecular complexity index is 275. The van der Waals surface area contributed by atoms with Crippen molar-refractivity contribution in [3.05, 3.63) is 0 Å². The van der Waals surface area contributed by atoms with E-state index >= 15 is 0 Å². The first-order chi connectivity index (χ1) is 8.83. The fourth-order valence-corrected chi connectivity index (χ4v) is 3.58. The maximum Gasteiger partial charge on any atom is 0.0951 e. The molecule has 104 valence electrons. The van der Waals surface area contributed by atoms with Crippen molar-refractivity contribution in [2.45, 2.75) is 50.3 Å². The van der Waals surface area contributed by atoms with Gasteiger partial charge in [-0.1, -0.05) is 6.92 Å². The molecule has 0 saturated carbocycles. The highest BCUT2D eigenvalue weighted by molar-refractivity contribution is 4.97. The summed E-state index contributed by atoms with van der Waals surface area (Å²) in [4.78, 5) is 2.74. The van der Waals surface area contributed by atoms with E-state index in [9.17, 15) is 0 Å². The van der Waals surface area contributed by atoms with Gasteiger partial charge in [-0.3, -0.25) is 4.90 Å². The molecule has 0 aromatic heterocycles. The molecule has 3 heterocycles. The maximum absolute atomic E-state index is 6.05. The van der Waals surface area contributed by atoms with Crippen LogP contribution in [0.15, 0.2) is 0 Å². The van der Waals surface area contributed by atoms with Crippen LogP contribution >= 0.6 is 0 Å². The Labute approximate surface area is 110 Å². The molecule has 0 aromatic carbocycles. The molecule has 2 atom stereocenters. The van der Waals surface area contributed by atoms with E-state index < -0.39 is 0 Å². The van der Waals surface area contributed by atoms with Gasteiger partial charge in [-0.15, -0.1) is 0 Å². The van der Waals surface area contributed by atoms with Gasteiger partial charge >= 0.3 is 0 Å². The number of hydrogen-bond acceptors (Lipinski definition) is 4. The predicted octanol–water partition coefficient (Wildman–Crippen LogP) is 1.01. The van der Waals surface area contributed by atoms with Crippen LogP contribution in [0.5, 0.6) is 0 Å². The minimum atomic E-state index is 0.0477. The van der Waals surface area contributed by atoms with E-state index in [1.807, 2.05) is 0 Å². The Kier molecular flexibility index (Phi) is 3.89. The largest absolute Gasteiger partial charge is 0.378 e. The van der Waals surface area contributed by atoms with Gasteiger partial charge in [0.05, 0.1) is 12.2 Å². The Hall–Kier alpha value is -0.160. The van der Waals surface area contributed by atoms with Gasteiger partial charge in [0.25, 0.3) is 0 Å². The summed E-state index contributed by atoms with van der Waals surface area (Å²) in [6.07, 6.45) is 4.70. The second-order valence-corrected chi connectivity index (χ2v) is 6.03. The molecule has 1 spiro atoms. The highest BCUT2D eigenvalue weighted by Gasteiger charge is 2.43. The molecule has 3 saturated heterocycles. The summed E-state index contributed by atoms with van der Waals surface area (Å²) in [5.41, 5.74) is 0.0477. The van der Waals surface area contributed by atoms with Crippen LogP contribution in [0.4, 0.5) is 0 Å². The molecule has 0 radical (unpaired) electrons. The Balaban J connectivity index is 1.65. The van der Waals surface area contributed by atoms with Crippen LogP contribution in [0.3, 0.4) is 0 Å². The van der Waals surface area contributed by atoms with Crippen LogP contribution in [0.1, 0.15) is 32.6 Å². The summed E-state index contributed by atoms with van der Waals surface area (Å²) in [5, 5.41) is 3.40. The molecular weight excluding hydrogens is 228 g/mol. The number of hydrogen-bond donors (Lipinski definition) is 1. The first kappa shape index (κ1) is 12.9. The van der Waals surface area contributed by atoms with Gasteiger partial charge in [0.15, 0.2) is 0 Å². The van der Waals surface area contributed by atoms with Crippen LogP contribution < -0.4 is 5.32 Å². The van der Waals surface area contributed by atoms with Crippen molar-refractivity contribution in [2.75, 3.05) is 39.5 Å². The fraction of sp³-hybridized carbons (Fsp3) is 1.00. The summed E-state index contributed by atoms with van der Waals surface area (Å²) in [7, 11) is 0. The van der Waals surface area contributed by atoms with E-state index in [1.165, 1.54) is 38.9 Å². The Morgan fingerprint density at radius 3 is 2.78 bits per heavy atom. The molecular formula is C14H26N2O2. The van der Waals surface area contributed by atoms with Crippen LogP contribution in [-0.4, -0.2) is 62.0 Å². The van der Waals surface area contributed by atoms with Gasteiger partial charge in [0, 0.05) is 44.8 Å². The van der Waals surface area contributed by atoms with E-state index in [-0.39, 0.29) is 5.60 Å². The second kappa shape index (κ2) is 5.45. The van der Waals surface area contributed by atoms with Crippen molar-refractivity contribution < 1.29 is 9.47 Å². The average molecular weight is 254 g/mol. The van der Waals surface area contributed by atoms with E-state index in [1.54, 1.807) is 0 Å². The van der Waals surface area contributed by atoms with E-state index in [2.05, 4.69) is 17.1 Å². The lowest BCUT2D eigenvalue weighted by Crippen LogP contribution is -2.62. The lowest BCUT2D eigenvalue weighted by molar-refractivity contribution is -0.113. The van der Waals surface area contributed by atoms with Crippen LogP contribution in [0.2, 0.25) is 0 Å². The molecule has 3 aliphatic rings. The zero-order valence-corrected chi connectivity index (χ0v) is 11.5. The Morgan fingerprint density at radius 1 is 1.28 bits per heavy atom. The Morgan fingerprint density at radius 2 is 2.17 bits per heavy atom. The van der Waals surface area contributed by atoms with Crippen molar-refractivity contribution in [1.82, 2.24) is 10.2 Å². The number of nitrogens with zero attached hydrogens (tertiary/aromatic N) is 1. The highest BCUT2D eigenvalue weighted by Crippen LogP contribution is 2.35. The number of rotatable bonds is 4. The van der Waals surface area contributed by atoms with Crippen LogP contribution in [-0.2, 0) is 9.47 Å². The van der Waals surface area contributed by atoms with Crippen LogP contribution in [0, 0.1) is 0 Å². The summed E-state index contributed by atoms with van der Waals surface area (Å²) in [6, 6.07) is 1.46. The first-order valence-electron chi connectivity index (χ1n) is 7.51. The van der Waals surface area contributed by atoms with Crippen molar-refractivity contribution >= 4 is 0 Å². The minimum absolute atomic E-state index is 0.0477. The summed E-state index contributed by atoms with van der Waals surface area (Å²) in [6.45, 7) is 8.45. The molecule has 3 rings (SSSR count). The zero-order chi connectivity index (χ0) is 12.4. The molecule has 0 bridgehead atoms. The van der Waals surface area contributed by atoms with Crippen molar-refractivity contribution in [3.8, 4) is 0 Å². The standard InChI is InChI=1S/C14H26N2O2/c1-2-5-16(13-9-15-10-13)12-3-6-18-14(8-12)4-7-17-11-14/h12-13,15H,2-11H2,1H3. The third-order valence-corrected chi connectivity index (χ3v) is 4.71. The molecule has 18 heavy (non-hydrogen) atoms. The third-order valence-electron chi connectivity index (χ3n) is 4.71. The molecule has 0 amide bonds. The summed E-state index contributed by atoms with van der Waals surface area (Å²) < 4.78 is 11.6. The molecule has 4 heteroatoms. The van der Waals surface area contributed by atoms with Gasteiger partial charge in [0.2, 0.25) is 0 Å². The fourth-order valence-electron chi connectivity index (χ4n) is 3.58. The quantitative estimate of drug-likeness (QED) is 0.812. The highest BCUT2D eigenvalue weighted by atomic mass is 16.6. The van der Waals surface area contributed by atoms with Gasteiger partial charge in [-0.05, 0) is 25.8 Å². The monoisotopic (exact) mass is 254 g/mol. The van der Waals surface area contributed by atoms with Gasteiger partial charge in [-0.2, -0.15) is 0 Å². The summed E-state index contributed by atoms with van der Waals surface area (Å²) >= 11 is 0. The second-order valence-electron chi connectivity index (χ2n) is 6.03. The lowest BCUT2D eigenvalue weighted by atomic mass is 9.87. The average Bonchev–Trinajstić information content (AvgIpc) is 2.74.